The first-order valence-corrected chi connectivity index (χ1v) is 9.67. The Bertz CT molecular complexity index is 1020. The van der Waals surface area contributed by atoms with Crippen LogP contribution in [-0.4, -0.2) is 62.9 Å². The summed E-state index contributed by atoms with van der Waals surface area (Å²) in [5.74, 6) is 1.03. The van der Waals surface area contributed by atoms with Crippen LogP contribution in [0.1, 0.15) is 19.2 Å². The van der Waals surface area contributed by atoms with Gasteiger partial charge in [0.1, 0.15) is 5.82 Å². The lowest BCUT2D eigenvalue weighted by molar-refractivity contribution is -0.137. The maximum atomic E-state index is 13.8. The average molecular weight is 398 g/mol. The summed E-state index contributed by atoms with van der Waals surface area (Å²) in [5, 5.41) is 12.7. The van der Waals surface area contributed by atoms with Crippen molar-refractivity contribution in [2.75, 3.05) is 31.1 Å². The second-order valence-corrected chi connectivity index (χ2v) is 7.07. The normalized spacial score (nSPS) is 16.0. The van der Waals surface area contributed by atoms with Gasteiger partial charge in [0.15, 0.2) is 29.1 Å². The lowest BCUT2D eigenvalue weighted by Crippen LogP contribution is -2.42. The fraction of sp³-hybridized carbons (Fsp3) is 0.400. The van der Waals surface area contributed by atoms with Gasteiger partial charge in [-0.2, -0.15) is 4.52 Å². The molecule has 8 nitrogen and oxygen atoms in total. The minimum atomic E-state index is -0.757. The van der Waals surface area contributed by atoms with Crippen molar-refractivity contribution in [2.24, 2.45) is 0 Å². The van der Waals surface area contributed by atoms with Crippen LogP contribution in [-0.2, 0) is 4.79 Å². The quantitative estimate of drug-likeness (QED) is 0.670. The number of ether oxygens (including phenoxy) is 1. The van der Waals surface area contributed by atoms with Crippen molar-refractivity contribution in [3.05, 3.63) is 48.0 Å². The van der Waals surface area contributed by atoms with Gasteiger partial charge in [-0.3, -0.25) is 4.79 Å². The van der Waals surface area contributed by atoms with Gasteiger partial charge >= 0.3 is 0 Å². The van der Waals surface area contributed by atoms with E-state index in [1.807, 2.05) is 19.1 Å². The van der Waals surface area contributed by atoms with Gasteiger partial charge in [0.25, 0.3) is 5.91 Å². The number of hydrogen-bond acceptors (Lipinski definition) is 6. The highest BCUT2D eigenvalue weighted by Crippen LogP contribution is 2.19. The van der Waals surface area contributed by atoms with E-state index in [-0.39, 0.29) is 11.7 Å². The largest absolute Gasteiger partial charge is 0.478 e. The van der Waals surface area contributed by atoms with Gasteiger partial charge in [-0.15, -0.1) is 15.3 Å². The highest BCUT2D eigenvalue weighted by Gasteiger charge is 2.26. The maximum Gasteiger partial charge on any atom is 0.263 e. The summed E-state index contributed by atoms with van der Waals surface area (Å²) < 4.78 is 21.1. The molecule has 29 heavy (non-hydrogen) atoms. The zero-order chi connectivity index (χ0) is 20.4. The standard InChI is InChI=1S/C20H23FN6O2/c1-14(29-17-7-4-3-6-16(17)21)20(28)26-11-5-10-25(12-13-26)19-9-8-18-23-22-15(2)27(18)24-19/h3-4,6-9,14H,5,10-13H2,1-2H3. The Hall–Kier alpha value is -3.23. The van der Waals surface area contributed by atoms with Crippen LogP contribution < -0.4 is 9.64 Å². The fourth-order valence-corrected chi connectivity index (χ4v) is 3.46. The van der Waals surface area contributed by atoms with E-state index in [2.05, 4.69) is 20.2 Å². The summed E-state index contributed by atoms with van der Waals surface area (Å²) in [6.07, 6.45) is 0.0477. The van der Waals surface area contributed by atoms with Gasteiger partial charge in [-0.1, -0.05) is 12.1 Å². The van der Waals surface area contributed by atoms with E-state index < -0.39 is 11.9 Å². The third kappa shape index (κ3) is 3.98. The highest BCUT2D eigenvalue weighted by atomic mass is 19.1. The van der Waals surface area contributed by atoms with Gasteiger partial charge in [-0.25, -0.2) is 4.39 Å². The van der Waals surface area contributed by atoms with E-state index >= 15 is 0 Å². The number of anilines is 1. The molecule has 0 saturated carbocycles. The molecule has 0 aliphatic carbocycles. The van der Waals surface area contributed by atoms with Crippen LogP contribution in [0.3, 0.4) is 0 Å². The summed E-state index contributed by atoms with van der Waals surface area (Å²) >= 11 is 0. The van der Waals surface area contributed by atoms with Crippen molar-refractivity contribution in [1.82, 2.24) is 24.7 Å². The molecule has 1 aliphatic heterocycles. The molecule has 1 saturated heterocycles. The first-order chi connectivity index (χ1) is 14.0. The first-order valence-electron chi connectivity index (χ1n) is 9.67. The van der Waals surface area contributed by atoms with E-state index in [0.717, 1.165) is 24.6 Å². The van der Waals surface area contributed by atoms with Crippen LogP contribution >= 0.6 is 0 Å². The maximum absolute atomic E-state index is 13.8. The third-order valence-corrected chi connectivity index (χ3v) is 5.02. The molecule has 2 aromatic heterocycles. The number of hydrogen-bond donors (Lipinski definition) is 0. The molecule has 3 aromatic rings. The first kappa shape index (κ1) is 19.1. The summed E-state index contributed by atoms with van der Waals surface area (Å²) in [4.78, 5) is 16.7. The molecule has 0 radical (unpaired) electrons. The fourth-order valence-electron chi connectivity index (χ4n) is 3.46. The Kier molecular flexibility index (Phi) is 5.28. The number of aryl methyl sites for hydroxylation is 1. The van der Waals surface area contributed by atoms with Gasteiger partial charge < -0.3 is 14.5 Å². The Morgan fingerprint density at radius 2 is 1.93 bits per heavy atom. The summed E-state index contributed by atoms with van der Waals surface area (Å²) in [6.45, 7) is 6.11. The van der Waals surface area contributed by atoms with Crippen molar-refractivity contribution in [1.29, 1.82) is 0 Å². The molecule has 1 amide bonds. The van der Waals surface area contributed by atoms with E-state index in [0.29, 0.717) is 25.3 Å². The van der Waals surface area contributed by atoms with Crippen LogP contribution in [0.15, 0.2) is 36.4 Å². The molecular weight excluding hydrogens is 375 g/mol. The molecule has 1 aromatic carbocycles. The molecule has 4 rings (SSSR count). The predicted octanol–water partition coefficient (Wildman–Crippen LogP) is 2.08. The van der Waals surface area contributed by atoms with Crippen molar-refractivity contribution in [2.45, 2.75) is 26.4 Å². The molecule has 0 N–H and O–H groups in total. The Morgan fingerprint density at radius 1 is 1.10 bits per heavy atom. The van der Waals surface area contributed by atoms with Gasteiger partial charge in [-0.05, 0) is 44.5 Å². The number of aromatic nitrogens is 4. The molecule has 0 spiro atoms. The number of fused-ring (bicyclic) bond motifs is 1. The Morgan fingerprint density at radius 3 is 2.76 bits per heavy atom. The zero-order valence-corrected chi connectivity index (χ0v) is 16.5. The summed E-state index contributed by atoms with van der Waals surface area (Å²) in [7, 11) is 0. The predicted molar refractivity (Wildman–Crippen MR) is 105 cm³/mol. The zero-order valence-electron chi connectivity index (χ0n) is 16.5. The lowest BCUT2D eigenvalue weighted by atomic mass is 10.3. The van der Waals surface area contributed by atoms with Crippen LogP contribution in [0.4, 0.5) is 10.2 Å². The van der Waals surface area contributed by atoms with Crippen molar-refractivity contribution < 1.29 is 13.9 Å². The summed E-state index contributed by atoms with van der Waals surface area (Å²) in [6, 6.07) is 9.92. The minimum absolute atomic E-state index is 0.0895. The second-order valence-electron chi connectivity index (χ2n) is 7.07. The summed E-state index contributed by atoms with van der Waals surface area (Å²) in [5.41, 5.74) is 0.706. The average Bonchev–Trinajstić information content (AvgIpc) is 2.94. The molecule has 152 valence electrons. The van der Waals surface area contributed by atoms with E-state index in [1.54, 1.807) is 28.5 Å². The number of halogens is 1. The van der Waals surface area contributed by atoms with Gasteiger partial charge in [0, 0.05) is 26.2 Å². The number of amides is 1. The van der Waals surface area contributed by atoms with Crippen molar-refractivity contribution >= 4 is 17.4 Å². The minimum Gasteiger partial charge on any atom is -0.478 e. The van der Waals surface area contributed by atoms with Gasteiger partial charge in [0.2, 0.25) is 0 Å². The van der Waals surface area contributed by atoms with E-state index in [1.165, 1.54) is 12.1 Å². The number of carbonyl (C=O) groups is 1. The Labute approximate surface area is 167 Å². The van der Waals surface area contributed by atoms with Gasteiger partial charge in [0.05, 0.1) is 0 Å². The smallest absolute Gasteiger partial charge is 0.263 e. The second kappa shape index (κ2) is 8.02. The lowest BCUT2D eigenvalue weighted by Gasteiger charge is -2.25. The van der Waals surface area contributed by atoms with Crippen LogP contribution in [0.5, 0.6) is 5.75 Å². The third-order valence-electron chi connectivity index (χ3n) is 5.02. The molecule has 1 atom stereocenters. The Balaban J connectivity index is 1.41. The number of para-hydroxylation sites is 1. The number of carbonyl (C=O) groups excluding carboxylic acids is 1. The van der Waals surface area contributed by atoms with Crippen LogP contribution in [0, 0.1) is 12.7 Å². The molecule has 1 fully saturated rings. The van der Waals surface area contributed by atoms with Crippen LogP contribution in [0.2, 0.25) is 0 Å². The monoisotopic (exact) mass is 398 g/mol. The highest BCUT2D eigenvalue weighted by molar-refractivity contribution is 5.81. The molecule has 0 bridgehead atoms. The molecule has 9 heteroatoms. The molecule has 1 unspecified atom stereocenters. The van der Waals surface area contributed by atoms with E-state index in [4.69, 9.17) is 4.74 Å². The molecule has 3 heterocycles. The van der Waals surface area contributed by atoms with E-state index in [9.17, 15) is 9.18 Å². The number of benzene rings is 1. The van der Waals surface area contributed by atoms with Crippen LogP contribution in [0.25, 0.3) is 5.65 Å². The topological polar surface area (TPSA) is 75.9 Å². The SMILES string of the molecule is Cc1nnc2ccc(N3CCCN(C(=O)C(C)Oc4ccccc4F)CC3)nn12. The number of rotatable bonds is 4. The van der Waals surface area contributed by atoms with Crippen molar-refractivity contribution in [3.8, 4) is 5.75 Å². The molecular formula is C20H23FN6O2. The van der Waals surface area contributed by atoms with Crippen molar-refractivity contribution in [3.63, 3.8) is 0 Å². The molecule has 1 aliphatic rings. The number of nitrogens with zero attached hydrogens (tertiary/aromatic N) is 6.